The van der Waals surface area contributed by atoms with Gasteiger partial charge in [0.05, 0.1) is 17.8 Å². The van der Waals surface area contributed by atoms with E-state index in [0.717, 1.165) is 19.9 Å². The maximum atomic E-state index is 15.2. The lowest BCUT2D eigenvalue weighted by molar-refractivity contribution is -0.106. The minimum absolute atomic E-state index is 0.0250. The van der Waals surface area contributed by atoms with E-state index in [1.807, 2.05) is 0 Å². The topological polar surface area (TPSA) is 85.3 Å². The second kappa shape index (κ2) is 6.57. The molecule has 1 aliphatic rings. The fraction of sp³-hybridized carbons (Fsp3) is 0.421. The number of halogens is 4. The molecule has 3 rings (SSSR count). The van der Waals surface area contributed by atoms with Crippen LogP contribution in [0.1, 0.15) is 42.1 Å². The Morgan fingerprint density at radius 1 is 1.28 bits per heavy atom. The number of imidazole rings is 1. The Balaban J connectivity index is 2.04. The van der Waals surface area contributed by atoms with Crippen LogP contribution in [-0.2, 0) is 12.6 Å². The Kier molecular flexibility index (Phi) is 4.71. The summed E-state index contributed by atoms with van der Waals surface area (Å²) in [4.78, 5) is 20.1. The molecule has 1 amide bonds. The number of nitrogens with two attached hydrogens (primary N) is 1. The first kappa shape index (κ1) is 20.8. The predicted octanol–water partition coefficient (Wildman–Crippen LogP) is 3.46. The van der Waals surface area contributed by atoms with Gasteiger partial charge in [0.1, 0.15) is 5.84 Å². The van der Waals surface area contributed by atoms with Gasteiger partial charge in [-0.05, 0) is 26.8 Å². The number of rotatable bonds is 3. The van der Waals surface area contributed by atoms with Crippen molar-refractivity contribution in [2.45, 2.75) is 44.3 Å². The summed E-state index contributed by atoms with van der Waals surface area (Å²) in [5.74, 6) is -6.15. The van der Waals surface area contributed by atoms with Crippen LogP contribution in [-0.4, -0.2) is 32.9 Å². The van der Waals surface area contributed by atoms with E-state index < -0.39 is 46.7 Å². The Morgan fingerprint density at radius 3 is 2.52 bits per heavy atom. The third-order valence-corrected chi connectivity index (χ3v) is 5.12. The van der Waals surface area contributed by atoms with Crippen molar-refractivity contribution in [1.29, 1.82) is 0 Å². The van der Waals surface area contributed by atoms with Crippen molar-refractivity contribution in [3.8, 4) is 0 Å². The number of nitrogens with zero attached hydrogens (tertiary/aromatic N) is 3. The number of anilines is 1. The highest BCUT2D eigenvalue weighted by molar-refractivity contribution is 6.02. The second-order valence-corrected chi connectivity index (χ2v) is 7.59. The molecular formula is C19H21F4N5O. The fourth-order valence-corrected chi connectivity index (χ4v) is 3.39. The molecular weight excluding hydrogens is 390 g/mol. The molecule has 2 heterocycles. The highest BCUT2D eigenvalue weighted by Gasteiger charge is 2.60. The number of amidine groups is 1. The first-order valence-corrected chi connectivity index (χ1v) is 8.81. The molecule has 0 aliphatic carbocycles. The molecule has 29 heavy (non-hydrogen) atoms. The molecule has 2 atom stereocenters. The number of hydrogen-bond acceptors (Lipinski definition) is 4. The number of nitrogens with one attached hydrogen (secondary N) is 1. The van der Waals surface area contributed by atoms with Crippen LogP contribution >= 0.6 is 0 Å². The maximum absolute atomic E-state index is 15.2. The molecule has 0 spiro atoms. The van der Waals surface area contributed by atoms with Crippen LogP contribution in [0.15, 0.2) is 29.4 Å². The van der Waals surface area contributed by atoms with Gasteiger partial charge in [0.15, 0.2) is 22.8 Å². The molecule has 1 aromatic heterocycles. The quantitative estimate of drug-likeness (QED) is 0.759. The van der Waals surface area contributed by atoms with E-state index in [1.54, 1.807) is 20.2 Å². The number of alkyl halides is 3. The van der Waals surface area contributed by atoms with Gasteiger partial charge >= 0.3 is 0 Å². The number of carbonyl (C=O) groups excluding carboxylic acids is 1. The molecule has 10 heteroatoms. The molecule has 0 bridgehead atoms. The summed E-state index contributed by atoms with van der Waals surface area (Å²) in [6.07, 6.45) is 0.366. The number of amides is 1. The molecule has 0 unspecified atom stereocenters. The van der Waals surface area contributed by atoms with Gasteiger partial charge in [-0.15, -0.1) is 0 Å². The predicted molar refractivity (Wildman–Crippen MR) is 100 cm³/mol. The first-order chi connectivity index (χ1) is 13.3. The number of carbonyl (C=O) groups is 1. The van der Waals surface area contributed by atoms with Crippen LogP contribution in [0.3, 0.4) is 0 Å². The Bertz CT molecular complexity index is 1010. The van der Waals surface area contributed by atoms with Gasteiger partial charge in [-0.25, -0.2) is 22.5 Å². The largest absolute Gasteiger partial charge is 0.385 e. The molecule has 1 aromatic carbocycles. The van der Waals surface area contributed by atoms with Crippen molar-refractivity contribution in [3.63, 3.8) is 0 Å². The molecule has 0 fully saturated rings. The smallest absolute Gasteiger partial charge is 0.291 e. The first-order valence-electron chi connectivity index (χ1n) is 8.81. The van der Waals surface area contributed by atoms with Crippen molar-refractivity contribution < 1.29 is 22.4 Å². The molecule has 0 saturated heterocycles. The maximum Gasteiger partial charge on any atom is 0.291 e. The Hall–Kier alpha value is -2.91. The average molecular weight is 411 g/mol. The standard InChI is InChI=1S/C19H21F4N5O/c1-10-8-28(4)14(25-10)15(29)26-12-7-5-6-11(13(12)20)18(3)19(22,23)9-17(2,21)16(24)27-18/h5-8H,9H2,1-4H3,(H2,24,27)(H,26,29)/t17-,18-/m1/s1. The summed E-state index contributed by atoms with van der Waals surface area (Å²) < 4.78 is 60.6. The lowest BCUT2D eigenvalue weighted by atomic mass is 9.77. The van der Waals surface area contributed by atoms with Crippen molar-refractivity contribution in [3.05, 3.63) is 47.3 Å². The van der Waals surface area contributed by atoms with E-state index in [1.165, 1.54) is 16.7 Å². The summed E-state index contributed by atoms with van der Waals surface area (Å²) in [5.41, 5.74) is 0.352. The molecule has 0 saturated carbocycles. The number of aryl methyl sites for hydroxylation is 2. The zero-order valence-electron chi connectivity index (χ0n) is 16.4. The second-order valence-electron chi connectivity index (χ2n) is 7.59. The molecule has 0 radical (unpaired) electrons. The number of aromatic nitrogens is 2. The molecule has 2 aromatic rings. The van der Waals surface area contributed by atoms with Crippen LogP contribution in [0.2, 0.25) is 0 Å². The van der Waals surface area contributed by atoms with Crippen molar-refractivity contribution in [2.75, 3.05) is 5.32 Å². The van der Waals surface area contributed by atoms with Gasteiger partial charge in [0.2, 0.25) is 0 Å². The van der Waals surface area contributed by atoms with Gasteiger partial charge < -0.3 is 15.6 Å². The molecule has 1 aliphatic heterocycles. The van der Waals surface area contributed by atoms with E-state index >= 15 is 4.39 Å². The van der Waals surface area contributed by atoms with Crippen molar-refractivity contribution in [2.24, 2.45) is 17.8 Å². The van der Waals surface area contributed by atoms with Crippen LogP contribution < -0.4 is 11.1 Å². The minimum atomic E-state index is -3.72. The van der Waals surface area contributed by atoms with Gasteiger partial charge in [0, 0.05) is 18.8 Å². The van der Waals surface area contributed by atoms with Crippen LogP contribution in [0, 0.1) is 12.7 Å². The molecule has 3 N–H and O–H groups in total. The zero-order chi connectivity index (χ0) is 21.8. The van der Waals surface area contributed by atoms with E-state index in [9.17, 15) is 18.0 Å². The van der Waals surface area contributed by atoms with E-state index in [0.29, 0.717) is 5.69 Å². The summed E-state index contributed by atoms with van der Waals surface area (Å²) in [7, 11) is 1.59. The van der Waals surface area contributed by atoms with Crippen LogP contribution in [0.25, 0.3) is 0 Å². The van der Waals surface area contributed by atoms with Crippen molar-refractivity contribution in [1.82, 2.24) is 9.55 Å². The zero-order valence-corrected chi connectivity index (χ0v) is 16.4. The average Bonchev–Trinajstić information content (AvgIpc) is 2.92. The summed E-state index contributed by atoms with van der Waals surface area (Å²) in [6.45, 7) is 3.58. The molecule has 156 valence electrons. The monoisotopic (exact) mass is 411 g/mol. The summed E-state index contributed by atoms with van der Waals surface area (Å²) >= 11 is 0. The van der Waals surface area contributed by atoms with E-state index in [2.05, 4.69) is 15.3 Å². The third kappa shape index (κ3) is 3.36. The number of aliphatic imine (C=N–C) groups is 1. The van der Waals surface area contributed by atoms with E-state index in [4.69, 9.17) is 5.73 Å². The normalized spacial score (nSPS) is 26.1. The Morgan fingerprint density at radius 2 is 1.93 bits per heavy atom. The lowest BCUT2D eigenvalue weighted by Crippen LogP contribution is -2.56. The summed E-state index contributed by atoms with van der Waals surface area (Å²) in [5, 5.41) is 2.34. The van der Waals surface area contributed by atoms with Gasteiger partial charge in [-0.2, -0.15) is 0 Å². The van der Waals surface area contributed by atoms with Gasteiger partial charge in [-0.1, -0.05) is 12.1 Å². The third-order valence-electron chi connectivity index (χ3n) is 5.12. The molecule has 6 nitrogen and oxygen atoms in total. The van der Waals surface area contributed by atoms with E-state index in [-0.39, 0.29) is 11.5 Å². The van der Waals surface area contributed by atoms with Crippen LogP contribution in [0.4, 0.5) is 23.2 Å². The van der Waals surface area contributed by atoms with Crippen molar-refractivity contribution >= 4 is 17.4 Å². The number of benzene rings is 1. The minimum Gasteiger partial charge on any atom is -0.385 e. The van der Waals surface area contributed by atoms with Crippen LogP contribution in [0.5, 0.6) is 0 Å². The number of hydrogen-bond donors (Lipinski definition) is 2. The fourth-order valence-electron chi connectivity index (χ4n) is 3.39. The van der Waals surface area contributed by atoms with Gasteiger partial charge in [-0.3, -0.25) is 9.79 Å². The highest BCUT2D eigenvalue weighted by Crippen LogP contribution is 2.50. The highest BCUT2D eigenvalue weighted by atomic mass is 19.3. The van der Waals surface area contributed by atoms with Gasteiger partial charge in [0.25, 0.3) is 11.8 Å². The SMILES string of the molecule is Cc1cn(C)c(C(=O)Nc2cccc([C@@]3(C)N=C(N)[C@](C)(F)CC3(F)F)c2F)n1. The lowest BCUT2D eigenvalue weighted by Gasteiger charge is -2.42. The summed E-state index contributed by atoms with van der Waals surface area (Å²) in [6, 6.07) is 3.64. The Labute approximate surface area is 164 Å².